The van der Waals surface area contributed by atoms with Crippen molar-refractivity contribution in [3.8, 4) is 0 Å². The number of rotatable bonds is 4. The van der Waals surface area contributed by atoms with E-state index in [1.807, 2.05) is 24.3 Å². The predicted molar refractivity (Wildman–Crippen MR) is 83.8 cm³/mol. The van der Waals surface area contributed by atoms with Crippen LogP contribution in [0.3, 0.4) is 0 Å². The first-order valence-electron chi connectivity index (χ1n) is 7.20. The first-order valence-corrected chi connectivity index (χ1v) is 7.20. The molecular formula is C16H20N4O. The smallest absolute Gasteiger partial charge is 0.252 e. The maximum atomic E-state index is 12.7. The zero-order valence-electron chi connectivity index (χ0n) is 12.3. The highest BCUT2D eigenvalue weighted by Crippen LogP contribution is 2.39. The van der Waals surface area contributed by atoms with E-state index in [1.54, 1.807) is 6.07 Å². The van der Waals surface area contributed by atoms with E-state index < -0.39 is 0 Å². The molecule has 0 aliphatic heterocycles. The molecule has 1 heterocycles. The summed E-state index contributed by atoms with van der Waals surface area (Å²) in [6, 6.07) is 9.27. The lowest BCUT2D eigenvalue weighted by molar-refractivity contribution is 0.0905. The van der Waals surface area contributed by atoms with Crippen molar-refractivity contribution in [1.82, 2.24) is 10.3 Å². The van der Waals surface area contributed by atoms with Gasteiger partial charge in [-0.25, -0.2) is 10.8 Å². The number of hydrogen-bond acceptors (Lipinski definition) is 4. The Morgan fingerprint density at radius 2 is 2.05 bits per heavy atom. The maximum absolute atomic E-state index is 12.7. The van der Waals surface area contributed by atoms with Crippen LogP contribution in [0.2, 0.25) is 0 Å². The molecule has 1 aliphatic carbocycles. The summed E-state index contributed by atoms with van der Waals surface area (Å²) in [6.45, 7) is 4.15. The third-order valence-corrected chi connectivity index (χ3v) is 4.14. The van der Waals surface area contributed by atoms with Gasteiger partial charge in [0.2, 0.25) is 0 Å². The fraction of sp³-hybridized carbons (Fsp3) is 0.375. The maximum Gasteiger partial charge on any atom is 0.252 e. The lowest BCUT2D eigenvalue weighted by atomic mass is 9.97. The van der Waals surface area contributed by atoms with Gasteiger partial charge < -0.3 is 10.7 Å². The van der Waals surface area contributed by atoms with Crippen molar-refractivity contribution in [2.75, 3.05) is 5.43 Å². The molecule has 0 saturated heterocycles. The molecule has 0 atom stereocenters. The number of nitrogens with two attached hydrogens (primary N) is 1. The Kier molecular flexibility index (Phi) is 3.29. The number of carbonyl (C=O) groups is 1. The molecule has 0 bridgehead atoms. The molecule has 3 rings (SSSR count). The number of anilines is 1. The molecule has 1 aromatic heterocycles. The van der Waals surface area contributed by atoms with E-state index >= 15 is 0 Å². The van der Waals surface area contributed by atoms with Crippen LogP contribution in [0.1, 0.15) is 37.0 Å². The minimum atomic E-state index is -0.183. The molecule has 5 nitrogen and oxygen atoms in total. The monoisotopic (exact) mass is 284 g/mol. The van der Waals surface area contributed by atoms with E-state index in [0.29, 0.717) is 17.3 Å². The summed E-state index contributed by atoms with van der Waals surface area (Å²) < 4.78 is 0. The summed E-state index contributed by atoms with van der Waals surface area (Å²) in [4.78, 5) is 17.0. The van der Waals surface area contributed by atoms with Gasteiger partial charge in [0.15, 0.2) is 0 Å². The number of amides is 1. The second kappa shape index (κ2) is 5.00. The highest BCUT2D eigenvalue weighted by atomic mass is 16.1. The fourth-order valence-electron chi connectivity index (χ4n) is 2.70. The topological polar surface area (TPSA) is 80.0 Å². The van der Waals surface area contributed by atoms with E-state index in [4.69, 9.17) is 5.84 Å². The highest BCUT2D eigenvalue weighted by molar-refractivity contribution is 6.07. The first-order chi connectivity index (χ1) is 10.0. The minimum Gasteiger partial charge on any atom is -0.347 e. The fourth-order valence-corrected chi connectivity index (χ4v) is 2.70. The number of carbonyl (C=O) groups excluding carboxylic acids is 1. The molecule has 1 saturated carbocycles. The van der Waals surface area contributed by atoms with Crippen LogP contribution >= 0.6 is 0 Å². The van der Waals surface area contributed by atoms with E-state index in [2.05, 4.69) is 29.6 Å². The molecule has 1 aromatic carbocycles. The lowest BCUT2D eigenvalue weighted by Crippen LogP contribution is -2.45. The van der Waals surface area contributed by atoms with Gasteiger partial charge in [0.05, 0.1) is 11.1 Å². The van der Waals surface area contributed by atoms with Gasteiger partial charge in [-0.15, -0.1) is 0 Å². The first kappa shape index (κ1) is 13.8. The van der Waals surface area contributed by atoms with Crippen molar-refractivity contribution in [2.45, 2.75) is 32.2 Å². The van der Waals surface area contributed by atoms with Gasteiger partial charge in [-0.2, -0.15) is 0 Å². The van der Waals surface area contributed by atoms with E-state index in [1.165, 1.54) is 12.8 Å². The van der Waals surface area contributed by atoms with Crippen LogP contribution in [0.15, 0.2) is 30.3 Å². The Morgan fingerprint density at radius 1 is 1.33 bits per heavy atom. The minimum absolute atomic E-state index is 0.0815. The Balaban J connectivity index is 2.00. The zero-order valence-corrected chi connectivity index (χ0v) is 12.3. The van der Waals surface area contributed by atoms with Gasteiger partial charge >= 0.3 is 0 Å². The summed E-state index contributed by atoms with van der Waals surface area (Å²) in [5.41, 5.74) is 3.69. The predicted octanol–water partition coefficient (Wildman–Crippen LogP) is 2.44. The SMILES string of the molecule is CC(C)(NC(=O)c1cc(NN)nc2ccccc12)C1CC1. The van der Waals surface area contributed by atoms with Gasteiger partial charge in [0, 0.05) is 10.9 Å². The number of nitrogens with zero attached hydrogens (tertiary/aromatic N) is 1. The largest absolute Gasteiger partial charge is 0.347 e. The van der Waals surface area contributed by atoms with E-state index in [-0.39, 0.29) is 11.4 Å². The lowest BCUT2D eigenvalue weighted by Gasteiger charge is -2.26. The van der Waals surface area contributed by atoms with Crippen LogP contribution in [-0.2, 0) is 0 Å². The molecule has 1 amide bonds. The third-order valence-electron chi connectivity index (χ3n) is 4.14. The molecular weight excluding hydrogens is 264 g/mol. The van der Waals surface area contributed by atoms with Crippen molar-refractivity contribution in [3.05, 3.63) is 35.9 Å². The number of aromatic nitrogens is 1. The number of pyridine rings is 1. The number of benzene rings is 1. The molecule has 1 fully saturated rings. The van der Waals surface area contributed by atoms with E-state index in [9.17, 15) is 4.79 Å². The molecule has 0 radical (unpaired) electrons. The standard InChI is InChI=1S/C16H20N4O/c1-16(2,10-7-8-10)19-15(21)12-9-14(20-17)18-13-6-4-3-5-11(12)13/h3-6,9-10H,7-8,17H2,1-2H3,(H,18,20)(H,19,21). The van der Waals surface area contributed by atoms with Gasteiger partial charge in [0.1, 0.15) is 5.82 Å². The summed E-state index contributed by atoms with van der Waals surface area (Å²) in [5, 5.41) is 3.98. The normalized spacial score (nSPS) is 15.0. The van der Waals surface area contributed by atoms with Gasteiger partial charge in [0.25, 0.3) is 5.91 Å². The van der Waals surface area contributed by atoms with Crippen LogP contribution in [0, 0.1) is 5.92 Å². The summed E-state index contributed by atoms with van der Waals surface area (Å²) >= 11 is 0. The van der Waals surface area contributed by atoms with Crippen molar-refractivity contribution < 1.29 is 4.79 Å². The zero-order chi connectivity index (χ0) is 15.0. The highest BCUT2D eigenvalue weighted by Gasteiger charge is 2.39. The van der Waals surface area contributed by atoms with Crippen molar-refractivity contribution in [1.29, 1.82) is 0 Å². The van der Waals surface area contributed by atoms with Crippen molar-refractivity contribution in [2.24, 2.45) is 11.8 Å². The van der Waals surface area contributed by atoms with Crippen LogP contribution in [0.4, 0.5) is 5.82 Å². The van der Waals surface area contributed by atoms with Crippen LogP contribution < -0.4 is 16.6 Å². The quantitative estimate of drug-likeness (QED) is 0.595. The molecule has 1 aliphatic rings. The second-order valence-corrected chi connectivity index (χ2v) is 6.17. The van der Waals surface area contributed by atoms with Crippen molar-refractivity contribution in [3.63, 3.8) is 0 Å². The summed E-state index contributed by atoms with van der Waals surface area (Å²) in [7, 11) is 0. The number of hydrogen-bond donors (Lipinski definition) is 3. The molecule has 4 N–H and O–H groups in total. The number of nitrogens with one attached hydrogen (secondary N) is 2. The molecule has 110 valence electrons. The average molecular weight is 284 g/mol. The number of hydrazine groups is 1. The van der Waals surface area contributed by atoms with Crippen LogP contribution in [0.5, 0.6) is 0 Å². The van der Waals surface area contributed by atoms with Gasteiger partial charge in [-0.1, -0.05) is 18.2 Å². The molecule has 5 heteroatoms. The Hall–Kier alpha value is -2.14. The number of fused-ring (bicyclic) bond motifs is 1. The van der Waals surface area contributed by atoms with Gasteiger partial charge in [-0.3, -0.25) is 4.79 Å². The Labute approximate surface area is 123 Å². The molecule has 21 heavy (non-hydrogen) atoms. The third kappa shape index (κ3) is 2.69. The van der Waals surface area contributed by atoms with E-state index in [0.717, 1.165) is 10.9 Å². The number of nitrogen functional groups attached to an aromatic ring is 1. The average Bonchev–Trinajstić information content (AvgIpc) is 3.30. The Bertz CT molecular complexity index is 692. The molecule has 0 spiro atoms. The Morgan fingerprint density at radius 3 is 2.71 bits per heavy atom. The number of para-hydroxylation sites is 1. The summed E-state index contributed by atoms with van der Waals surface area (Å²) in [6.07, 6.45) is 2.36. The second-order valence-electron chi connectivity index (χ2n) is 6.17. The molecule has 2 aromatic rings. The van der Waals surface area contributed by atoms with Crippen LogP contribution in [-0.4, -0.2) is 16.4 Å². The molecule has 0 unspecified atom stereocenters. The van der Waals surface area contributed by atoms with Gasteiger partial charge in [-0.05, 0) is 44.7 Å². The summed E-state index contributed by atoms with van der Waals surface area (Å²) in [5.74, 6) is 6.43. The van der Waals surface area contributed by atoms with Crippen LogP contribution in [0.25, 0.3) is 10.9 Å². The van der Waals surface area contributed by atoms with Crippen molar-refractivity contribution >= 4 is 22.6 Å².